The van der Waals surface area contributed by atoms with Gasteiger partial charge in [0.15, 0.2) is 0 Å². The zero-order valence-electron chi connectivity index (χ0n) is 28.8. The average Bonchev–Trinajstić information content (AvgIpc) is 3.49. The number of aromatic amines is 2. The second-order valence-electron chi connectivity index (χ2n) is 14.1. The van der Waals surface area contributed by atoms with Gasteiger partial charge in [-0.2, -0.15) is 0 Å². The summed E-state index contributed by atoms with van der Waals surface area (Å²) in [5.41, 5.74) is 6.54. The molecule has 1 aliphatic heterocycles. The molecule has 2 amide bonds. The fraction of sp³-hybridized carbons (Fsp3) is 0.385. The van der Waals surface area contributed by atoms with E-state index in [0.717, 1.165) is 69.6 Å². The molecule has 0 radical (unpaired) electrons. The number of nitrogens with one attached hydrogen (secondary N) is 3. The highest BCUT2D eigenvalue weighted by Crippen LogP contribution is 2.45. The van der Waals surface area contributed by atoms with E-state index in [9.17, 15) is 9.59 Å². The number of hydrogen-bond acceptors (Lipinski definition) is 6. The topological polar surface area (TPSA) is 119 Å². The van der Waals surface area contributed by atoms with Gasteiger partial charge in [0.05, 0.1) is 43.5 Å². The first-order chi connectivity index (χ1) is 23.7. The van der Waals surface area contributed by atoms with Crippen molar-refractivity contribution in [2.75, 3.05) is 33.8 Å². The third-order valence-electron chi connectivity index (χ3n) is 10.4. The number of ether oxygens (including phenoxy) is 1. The maximum Gasteiger partial charge on any atom is 0.407 e. The minimum Gasteiger partial charge on any atom is -0.453 e. The first-order valence-electron chi connectivity index (χ1n) is 17.3. The van der Waals surface area contributed by atoms with Crippen molar-refractivity contribution in [1.82, 2.24) is 35.1 Å². The van der Waals surface area contributed by atoms with Crippen LogP contribution in [0, 0.1) is 11.3 Å². The first kappa shape index (κ1) is 32.6. The van der Waals surface area contributed by atoms with Gasteiger partial charge in [0.1, 0.15) is 18.2 Å². The highest BCUT2D eigenvalue weighted by Gasteiger charge is 2.40. The Hall–Kier alpha value is -4.96. The molecule has 10 heteroatoms. The third kappa shape index (κ3) is 7.10. The van der Waals surface area contributed by atoms with Gasteiger partial charge in [0.2, 0.25) is 5.91 Å². The van der Waals surface area contributed by atoms with Crippen LogP contribution in [0.1, 0.15) is 57.2 Å². The lowest BCUT2D eigenvalue weighted by atomic mass is 9.97. The number of aromatic nitrogens is 4. The highest BCUT2D eigenvalue weighted by molar-refractivity contribution is 5.90. The van der Waals surface area contributed by atoms with E-state index in [-0.39, 0.29) is 17.9 Å². The molecule has 0 spiro atoms. The molecule has 1 aliphatic carbocycles. The van der Waals surface area contributed by atoms with Crippen molar-refractivity contribution in [2.45, 2.75) is 52.1 Å². The lowest BCUT2D eigenvalue weighted by Crippen LogP contribution is -2.42. The number of likely N-dealkylation sites (tertiary alicyclic amines) is 1. The Balaban J connectivity index is 1.03. The van der Waals surface area contributed by atoms with Crippen molar-refractivity contribution in [3.8, 4) is 33.6 Å². The standard InChI is InChI=1S/C39H45N7O3/c1-5-25-14-17-45(3)36(25)37-41-21-32(44-37)27-8-6-26(7-9-27)28-10-11-30-19-31(13-12-29(30)18-28)33-20-40-34(43-33)23-46(24-39(2)15-16-39)35(47)22-42-38(48)49-4/h6-13,18-21,25,36H,5,14-17,22-24H2,1-4H3,(H,40,43)(H,41,44)(H,42,48). The van der Waals surface area contributed by atoms with Crippen LogP contribution in [-0.2, 0) is 16.1 Å². The molecule has 0 bridgehead atoms. The maximum absolute atomic E-state index is 13.0. The third-order valence-corrected chi connectivity index (χ3v) is 10.4. The molecule has 2 aliphatic rings. The van der Waals surface area contributed by atoms with Crippen molar-refractivity contribution in [3.05, 3.63) is 84.7 Å². The summed E-state index contributed by atoms with van der Waals surface area (Å²) in [7, 11) is 3.48. The summed E-state index contributed by atoms with van der Waals surface area (Å²) in [6.07, 6.45) is 7.72. The van der Waals surface area contributed by atoms with Crippen LogP contribution in [0.4, 0.5) is 4.79 Å². The number of H-pyrrole nitrogens is 2. The van der Waals surface area contributed by atoms with Gasteiger partial charge < -0.3 is 24.9 Å². The zero-order chi connectivity index (χ0) is 34.1. The van der Waals surface area contributed by atoms with E-state index < -0.39 is 6.09 Å². The normalized spacial score (nSPS) is 18.4. The lowest BCUT2D eigenvalue weighted by molar-refractivity contribution is -0.131. The molecule has 3 aromatic carbocycles. The average molecular weight is 660 g/mol. The van der Waals surface area contributed by atoms with Crippen molar-refractivity contribution >= 4 is 22.8 Å². The number of alkyl carbamates (subject to hydrolysis) is 1. The molecule has 3 heterocycles. The molecular weight excluding hydrogens is 614 g/mol. The number of nitrogens with zero attached hydrogens (tertiary/aromatic N) is 4. The number of carbonyl (C=O) groups is 2. The fourth-order valence-electron chi connectivity index (χ4n) is 7.12. The molecule has 1 saturated carbocycles. The summed E-state index contributed by atoms with van der Waals surface area (Å²) in [6, 6.07) is 22.0. The van der Waals surface area contributed by atoms with E-state index in [1.165, 1.54) is 20.0 Å². The van der Waals surface area contributed by atoms with Crippen molar-refractivity contribution in [2.24, 2.45) is 11.3 Å². The minimum atomic E-state index is -0.621. The van der Waals surface area contributed by atoms with Crippen LogP contribution in [0.15, 0.2) is 73.1 Å². The van der Waals surface area contributed by atoms with Crippen LogP contribution in [0.3, 0.4) is 0 Å². The molecule has 2 atom stereocenters. The molecule has 49 heavy (non-hydrogen) atoms. The van der Waals surface area contributed by atoms with E-state index in [0.29, 0.717) is 30.9 Å². The van der Waals surface area contributed by atoms with Crippen LogP contribution in [0.2, 0.25) is 0 Å². The highest BCUT2D eigenvalue weighted by atomic mass is 16.5. The number of carbonyl (C=O) groups excluding carboxylic acids is 2. The quantitative estimate of drug-likeness (QED) is 0.138. The van der Waals surface area contributed by atoms with E-state index >= 15 is 0 Å². The Morgan fingerprint density at radius 1 is 0.939 bits per heavy atom. The second kappa shape index (κ2) is 13.5. The van der Waals surface area contributed by atoms with Crippen LogP contribution in [-0.4, -0.2) is 75.5 Å². The number of rotatable bonds is 11. The van der Waals surface area contributed by atoms with Gasteiger partial charge in [-0.15, -0.1) is 0 Å². The first-order valence-corrected chi connectivity index (χ1v) is 17.3. The monoisotopic (exact) mass is 659 g/mol. The lowest BCUT2D eigenvalue weighted by Gasteiger charge is -2.25. The Bertz CT molecular complexity index is 1960. The molecule has 1 saturated heterocycles. The number of amides is 2. The Morgan fingerprint density at radius 3 is 2.31 bits per heavy atom. The van der Waals surface area contributed by atoms with Crippen molar-refractivity contribution < 1.29 is 14.3 Å². The molecule has 10 nitrogen and oxygen atoms in total. The molecule has 2 aromatic heterocycles. The largest absolute Gasteiger partial charge is 0.453 e. The van der Waals surface area contributed by atoms with Gasteiger partial charge in [-0.25, -0.2) is 14.8 Å². The Morgan fingerprint density at radius 2 is 1.59 bits per heavy atom. The van der Waals surface area contributed by atoms with Crippen LogP contribution in [0.5, 0.6) is 0 Å². The number of fused-ring (bicyclic) bond motifs is 1. The van der Waals surface area contributed by atoms with Gasteiger partial charge in [0, 0.05) is 12.1 Å². The molecule has 2 fully saturated rings. The number of benzene rings is 3. The van der Waals surface area contributed by atoms with E-state index in [2.05, 4.69) is 111 Å². The summed E-state index contributed by atoms with van der Waals surface area (Å²) in [5, 5.41) is 4.79. The second-order valence-corrected chi connectivity index (χ2v) is 14.1. The number of hydrogen-bond donors (Lipinski definition) is 3. The number of imidazole rings is 2. The molecular formula is C39H45N7O3. The summed E-state index contributed by atoms with van der Waals surface area (Å²) < 4.78 is 4.62. The molecule has 254 valence electrons. The fourth-order valence-corrected chi connectivity index (χ4v) is 7.12. The van der Waals surface area contributed by atoms with E-state index in [1.807, 2.05) is 12.4 Å². The van der Waals surface area contributed by atoms with Crippen molar-refractivity contribution in [3.63, 3.8) is 0 Å². The van der Waals surface area contributed by atoms with Crippen LogP contribution < -0.4 is 5.32 Å². The minimum absolute atomic E-state index is 0.115. The smallest absolute Gasteiger partial charge is 0.407 e. The summed E-state index contributed by atoms with van der Waals surface area (Å²) in [5.74, 6) is 2.24. The summed E-state index contributed by atoms with van der Waals surface area (Å²) >= 11 is 0. The van der Waals surface area contributed by atoms with Crippen LogP contribution >= 0.6 is 0 Å². The molecule has 2 unspecified atom stereocenters. The SMILES string of the molecule is CCC1CCN(C)C1c1ncc(-c2ccc(-c3ccc4cc(-c5cnc(CN(CC6(C)CC6)C(=O)CNC(=O)OC)[nH]5)ccc4c3)cc2)[nH]1. The maximum atomic E-state index is 13.0. The Labute approximate surface area is 287 Å². The van der Waals surface area contributed by atoms with E-state index in [1.54, 1.807) is 4.90 Å². The molecule has 3 N–H and O–H groups in total. The van der Waals surface area contributed by atoms with Gasteiger partial charge in [-0.1, -0.05) is 68.8 Å². The van der Waals surface area contributed by atoms with E-state index in [4.69, 9.17) is 4.98 Å². The predicted molar refractivity (Wildman–Crippen MR) is 191 cm³/mol. The molecule has 5 aromatic rings. The molecule has 7 rings (SSSR count). The number of methoxy groups -OCH3 is 1. The Kier molecular flexibility index (Phi) is 8.98. The van der Waals surface area contributed by atoms with Gasteiger partial charge in [-0.05, 0) is 83.8 Å². The predicted octanol–water partition coefficient (Wildman–Crippen LogP) is 7.17. The summed E-state index contributed by atoms with van der Waals surface area (Å²) in [6.45, 7) is 6.41. The van der Waals surface area contributed by atoms with Gasteiger partial charge >= 0.3 is 6.09 Å². The van der Waals surface area contributed by atoms with Crippen molar-refractivity contribution in [1.29, 1.82) is 0 Å². The van der Waals surface area contributed by atoms with Gasteiger partial charge in [0.25, 0.3) is 0 Å². The summed E-state index contributed by atoms with van der Waals surface area (Å²) in [4.78, 5) is 45.1. The van der Waals surface area contributed by atoms with Gasteiger partial charge in [-0.3, -0.25) is 9.69 Å². The zero-order valence-corrected chi connectivity index (χ0v) is 28.8. The van der Waals surface area contributed by atoms with Crippen LogP contribution in [0.25, 0.3) is 44.4 Å².